The van der Waals surface area contributed by atoms with Gasteiger partial charge in [0.2, 0.25) is 0 Å². The van der Waals surface area contributed by atoms with Gasteiger partial charge in [0, 0.05) is 32.8 Å². The highest BCUT2D eigenvalue weighted by Crippen LogP contribution is 2.12. The number of aliphatic hydroxyl groups excluding tert-OH is 1. The van der Waals surface area contributed by atoms with E-state index in [-0.39, 0.29) is 6.10 Å². The number of hydrogen-bond acceptors (Lipinski definition) is 5. The van der Waals surface area contributed by atoms with E-state index < -0.39 is 6.10 Å². The summed E-state index contributed by atoms with van der Waals surface area (Å²) in [5, 5.41) is 17.9. The van der Waals surface area contributed by atoms with Crippen molar-refractivity contribution in [3.8, 4) is 0 Å². The standard InChI is InChI=1S/C11H20N4O2/c1-3-15-4-5-17-11(8-15)10(16)6-9-7-14(2)13-12-9/h7,10-11,16H,3-6,8H2,1-2H3. The molecule has 96 valence electrons. The van der Waals surface area contributed by atoms with Crippen LogP contribution in [0.1, 0.15) is 12.6 Å². The van der Waals surface area contributed by atoms with Crippen molar-refractivity contribution in [2.75, 3.05) is 26.2 Å². The molecule has 1 aromatic heterocycles. The zero-order chi connectivity index (χ0) is 12.3. The Morgan fingerprint density at radius 3 is 3.12 bits per heavy atom. The highest BCUT2D eigenvalue weighted by Gasteiger charge is 2.26. The number of rotatable bonds is 4. The topological polar surface area (TPSA) is 63.4 Å². The second-order valence-corrected chi connectivity index (χ2v) is 4.46. The maximum Gasteiger partial charge on any atom is 0.0964 e. The van der Waals surface area contributed by atoms with Crippen LogP contribution in [-0.4, -0.2) is 63.4 Å². The third-order valence-corrected chi connectivity index (χ3v) is 3.12. The summed E-state index contributed by atoms with van der Waals surface area (Å²) in [6.07, 6.45) is 1.69. The summed E-state index contributed by atoms with van der Waals surface area (Å²) >= 11 is 0. The molecule has 1 aliphatic heterocycles. The van der Waals surface area contributed by atoms with Gasteiger partial charge in [0.05, 0.1) is 24.5 Å². The lowest BCUT2D eigenvalue weighted by Gasteiger charge is -2.34. The molecule has 2 rings (SSSR count). The maximum absolute atomic E-state index is 10.1. The first-order valence-corrected chi connectivity index (χ1v) is 6.06. The van der Waals surface area contributed by atoms with E-state index in [4.69, 9.17) is 4.74 Å². The second-order valence-electron chi connectivity index (χ2n) is 4.46. The van der Waals surface area contributed by atoms with Gasteiger partial charge in [-0.2, -0.15) is 0 Å². The van der Waals surface area contributed by atoms with E-state index in [0.29, 0.717) is 13.0 Å². The van der Waals surface area contributed by atoms with Crippen molar-refractivity contribution >= 4 is 0 Å². The Balaban J connectivity index is 1.88. The number of aromatic nitrogens is 3. The molecule has 1 aliphatic rings. The average Bonchev–Trinajstić information content (AvgIpc) is 2.75. The van der Waals surface area contributed by atoms with E-state index in [0.717, 1.165) is 25.3 Å². The predicted molar refractivity (Wildman–Crippen MR) is 62.6 cm³/mol. The van der Waals surface area contributed by atoms with Gasteiger partial charge in [0.25, 0.3) is 0 Å². The molecule has 0 spiro atoms. The molecule has 1 fully saturated rings. The van der Waals surface area contributed by atoms with E-state index in [1.807, 2.05) is 13.2 Å². The Morgan fingerprint density at radius 1 is 1.65 bits per heavy atom. The number of hydrogen-bond donors (Lipinski definition) is 1. The fourth-order valence-electron chi connectivity index (χ4n) is 2.09. The fraction of sp³-hybridized carbons (Fsp3) is 0.818. The minimum absolute atomic E-state index is 0.120. The van der Waals surface area contributed by atoms with Crippen molar-refractivity contribution < 1.29 is 9.84 Å². The van der Waals surface area contributed by atoms with E-state index in [1.54, 1.807) is 4.68 Å². The summed E-state index contributed by atoms with van der Waals surface area (Å²) < 4.78 is 7.25. The smallest absolute Gasteiger partial charge is 0.0964 e. The first kappa shape index (κ1) is 12.5. The molecule has 2 atom stereocenters. The van der Waals surface area contributed by atoms with Gasteiger partial charge in [-0.05, 0) is 6.54 Å². The summed E-state index contributed by atoms with van der Waals surface area (Å²) in [6, 6.07) is 0. The SMILES string of the molecule is CCN1CCOC(C(O)Cc2cn(C)nn2)C1. The van der Waals surface area contributed by atoms with Crippen molar-refractivity contribution in [1.82, 2.24) is 19.9 Å². The Hall–Kier alpha value is -0.980. The third-order valence-electron chi connectivity index (χ3n) is 3.12. The normalized spacial score (nSPS) is 23.8. The molecule has 0 saturated carbocycles. The second kappa shape index (κ2) is 5.57. The lowest BCUT2D eigenvalue weighted by molar-refractivity contribution is -0.0869. The lowest BCUT2D eigenvalue weighted by Crippen LogP contribution is -2.48. The zero-order valence-corrected chi connectivity index (χ0v) is 10.4. The van der Waals surface area contributed by atoms with Crippen LogP contribution in [0.15, 0.2) is 6.20 Å². The summed E-state index contributed by atoms with van der Waals surface area (Å²) in [5.41, 5.74) is 0.803. The predicted octanol–water partition coefficient (Wildman–Crippen LogP) is -0.561. The molecule has 0 radical (unpaired) electrons. The molecule has 6 heteroatoms. The van der Waals surface area contributed by atoms with Crippen LogP contribution in [0, 0.1) is 0 Å². The highest BCUT2D eigenvalue weighted by atomic mass is 16.5. The van der Waals surface area contributed by atoms with Gasteiger partial charge in [-0.15, -0.1) is 5.10 Å². The average molecular weight is 240 g/mol. The van der Waals surface area contributed by atoms with Crippen LogP contribution in [0.2, 0.25) is 0 Å². The monoisotopic (exact) mass is 240 g/mol. The minimum Gasteiger partial charge on any atom is -0.390 e. The molecule has 0 bridgehead atoms. The number of likely N-dealkylation sites (N-methyl/N-ethyl adjacent to an activating group) is 1. The van der Waals surface area contributed by atoms with Gasteiger partial charge in [-0.1, -0.05) is 12.1 Å². The molecular formula is C11H20N4O2. The van der Waals surface area contributed by atoms with E-state index in [2.05, 4.69) is 22.1 Å². The van der Waals surface area contributed by atoms with Gasteiger partial charge < -0.3 is 9.84 Å². The molecule has 17 heavy (non-hydrogen) atoms. The van der Waals surface area contributed by atoms with Crippen LogP contribution < -0.4 is 0 Å². The number of aryl methyl sites for hydroxylation is 1. The van der Waals surface area contributed by atoms with Gasteiger partial charge in [-0.25, -0.2) is 0 Å². The van der Waals surface area contributed by atoms with Crippen LogP contribution in [0.5, 0.6) is 0 Å². The number of aliphatic hydroxyl groups is 1. The summed E-state index contributed by atoms with van der Waals surface area (Å²) in [6.45, 7) is 5.55. The van der Waals surface area contributed by atoms with Gasteiger partial charge in [0.15, 0.2) is 0 Å². The van der Waals surface area contributed by atoms with Crippen molar-refractivity contribution in [2.45, 2.75) is 25.6 Å². The summed E-state index contributed by atoms with van der Waals surface area (Å²) in [4.78, 5) is 2.29. The van der Waals surface area contributed by atoms with Crippen molar-refractivity contribution in [3.05, 3.63) is 11.9 Å². The highest BCUT2D eigenvalue weighted by molar-refractivity contribution is 4.96. The van der Waals surface area contributed by atoms with E-state index in [9.17, 15) is 5.11 Å². The van der Waals surface area contributed by atoms with Crippen LogP contribution >= 0.6 is 0 Å². The lowest BCUT2D eigenvalue weighted by atomic mass is 10.1. The van der Waals surface area contributed by atoms with Crippen molar-refractivity contribution in [2.24, 2.45) is 7.05 Å². The molecule has 0 aromatic carbocycles. The van der Waals surface area contributed by atoms with Gasteiger partial charge >= 0.3 is 0 Å². The molecule has 1 aromatic rings. The van der Waals surface area contributed by atoms with Crippen LogP contribution in [0.3, 0.4) is 0 Å². The van der Waals surface area contributed by atoms with E-state index in [1.165, 1.54) is 0 Å². The number of ether oxygens (including phenoxy) is 1. The summed E-state index contributed by atoms with van der Waals surface area (Å²) in [7, 11) is 1.82. The maximum atomic E-state index is 10.1. The van der Waals surface area contributed by atoms with Gasteiger partial charge in [0.1, 0.15) is 0 Å². The molecule has 0 aliphatic carbocycles. The molecule has 1 saturated heterocycles. The van der Waals surface area contributed by atoms with Crippen molar-refractivity contribution in [3.63, 3.8) is 0 Å². The molecule has 2 unspecified atom stereocenters. The quantitative estimate of drug-likeness (QED) is 0.764. The number of morpholine rings is 1. The molecular weight excluding hydrogens is 220 g/mol. The molecule has 2 heterocycles. The van der Waals surface area contributed by atoms with E-state index >= 15 is 0 Å². The van der Waals surface area contributed by atoms with Crippen LogP contribution in [0.25, 0.3) is 0 Å². The first-order chi connectivity index (χ1) is 8.19. The first-order valence-electron chi connectivity index (χ1n) is 6.06. The number of nitrogens with zero attached hydrogens (tertiary/aromatic N) is 4. The molecule has 0 amide bonds. The fourth-order valence-corrected chi connectivity index (χ4v) is 2.09. The Morgan fingerprint density at radius 2 is 2.47 bits per heavy atom. The van der Waals surface area contributed by atoms with Crippen molar-refractivity contribution in [1.29, 1.82) is 0 Å². The molecule has 1 N–H and O–H groups in total. The zero-order valence-electron chi connectivity index (χ0n) is 10.4. The molecule has 6 nitrogen and oxygen atoms in total. The van der Waals surface area contributed by atoms with Gasteiger partial charge in [-0.3, -0.25) is 9.58 Å². The Kier molecular flexibility index (Phi) is 4.09. The van der Waals surface area contributed by atoms with Crippen LogP contribution in [0.4, 0.5) is 0 Å². The summed E-state index contributed by atoms with van der Waals surface area (Å²) in [5.74, 6) is 0. The Labute approximate surface area is 101 Å². The largest absolute Gasteiger partial charge is 0.390 e. The van der Waals surface area contributed by atoms with Crippen LogP contribution in [-0.2, 0) is 18.2 Å². The Bertz CT molecular complexity index is 355. The minimum atomic E-state index is -0.513. The third kappa shape index (κ3) is 3.24.